The van der Waals surface area contributed by atoms with Gasteiger partial charge in [0.15, 0.2) is 0 Å². The maximum atomic E-state index is 12.0. The number of methoxy groups -OCH3 is 1. The van der Waals surface area contributed by atoms with Crippen molar-refractivity contribution in [3.63, 3.8) is 0 Å². The minimum atomic E-state index is -0.194. The average molecular weight is 375 g/mol. The van der Waals surface area contributed by atoms with Crippen molar-refractivity contribution in [2.45, 2.75) is 12.5 Å². The van der Waals surface area contributed by atoms with E-state index in [0.717, 1.165) is 11.0 Å². The van der Waals surface area contributed by atoms with E-state index >= 15 is 0 Å². The van der Waals surface area contributed by atoms with Crippen LogP contribution in [-0.2, 0) is 23.0 Å². The molecule has 1 aromatic heterocycles. The Morgan fingerprint density at radius 1 is 1.35 bits per heavy atom. The number of aryl methyl sites for hydroxylation is 1. The molecule has 23 heavy (non-hydrogen) atoms. The lowest BCUT2D eigenvalue weighted by molar-refractivity contribution is -0.144. The molecule has 0 saturated heterocycles. The van der Waals surface area contributed by atoms with Crippen molar-refractivity contribution in [1.82, 2.24) is 9.47 Å². The van der Waals surface area contributed by atoms with Crippen LogP contribution >= 0.6 is 15.9 Å². The second kappa shape index (κ2) is 5.21. The van der Waals surface area contributed by atoms with E-state index in [0.29, 0.717) is 12.6 Å². The summed E-state index contributed by atoms with van der Waals surface area (Å²) in [5.41, 5.74) is 5.09. The number of carbonyl (C=O) groups is 1. The normalized spacial score (nSPS) is 23.6. The molecule has 0 N–H and O–H groups in total. The Morgan fingerprint density at radius 2 is 2.13 bits per heavy atom. The van der Waals surface area contributed by atoms with Crippen LogP contribution < -0.4 is 0 Å². The summed E-state index contributed by atoms with van der Waals surface area (Å²) in [7, 11) is 5.64. The Kier molecular flexibility index (Phi) is 3.39. The predicted molar refractivity (Wildman–Crippen MR) is 94.2 cm³/mol. The Balaban J connectivity index is 1.96. The molecule has 0 amide bonds. The molecule has 2 aromatic rings. The van der Waals surface area contributed by atoms with Crippen molar-refractivity contribution < 1.29 is 9.53 Å². The van der Waals surface area contributed by atoms with Crippen LogP contribution in [-0.4, -0.2) is 42.2 Å². The van der Waals surface area contributed by atoms with Crippen LogP contribution in [0.5, 0.6) is 0 Å². The van der Waals surface area contributed by atoms with Crippen LogP contribution in [0, 0.1) is 5.92 Å². The number of carbonyl (C=O) groups excluding carboxylic acids is 1. The van der Waals surface area contributed by atoms with Crippen molar-refractivity contribution in [2.24, 2.45) is 13.0 Å². The third kappa shape index (κ3) is 2.03. The summed E-state index contributed by atoms with van der Waals surface area (Å²) in [6.45, 7) is 0.705. The topological polar surface area (TPSA) is 34.5 Å². The average Bonchev–Trinajstić information content (AvgIpc) is 2.81. The number of fused-ring (bicyclic) bond motifs is 2. The fraction of sp³-hybridized carbons (Fsp3) is 0.389. The Bertz CT molecular complexity index is 852. The third-order valence-corrected chi connectivity index (χ3v) is 6.23. The molecule has 0 fully saturated rings. The fourth-order valence-corrected chi connectivity index (χ4v) is 4.60. The maximum Gasteiger partial charge on any atom is 0.313 e. The molecule has 2 atom stereocenters. The number of aromatic nitrogens is 1. The van der Waals surface area contributed by atoms with Gasteiger partial charge in [0.05, 0.1) is 17.6 Å². The summed E-state index contributed by atoms with van der Waals surface area (Å²) in [5, 5.41) is 1.31. The van der Waals surface area contributed by atoms with E-state index in [9.17, 15) is 4.79 Å². The fourth-order valence-electron chi connectivity index (χ4n) is 4.05. The van der Waals surface area contributed by atoms with E-state index in [1.807, 2.05) is 0 Å². The number of rotatable bonds is 1. The molecule has 0 spiro atoms. The van der Waals surface area contributed by atoms with E-state index in [4.69, 9.17) is 4.74 Å². The molecule has 1 aliphatic carbocycles. The molecule has 0 unspecified atom stereocenters. The van der Waals surface area contributed by atoms with Crippen LogP contribution in [0.3, 0.4) is 0 Å². The SMILES string of the molecule is COC(=O)[C@@H]1C=C2c3cccc4c3c(c(Br)n4C)C[C@H]2N(C)C1. The van der Waals surface area contributed by atoms with Crippen LogP contribution in [0.4, 0.5) is 0 Å². The zero-order valence-electron chi connectivity index (χ0n) is 13.5. The van der Waals surface area contributed by atoms with Crippen molar-refractivity contribution in [2.75, 3.05) is 20.7 Å². The van der Waals surface area contributed by atoms with Gasteiger partial charge in [-0.25, -0.2) is 0 Å². The van der Waals surface area contributed by atoms with Crippen LogP contribution in [0.1, 0.15) is 11.1 Å². The molecule has 120 valence electrons. The molecule has 2 heterocycles. The zero-order chi connectivity index (χ0) is 16.3. The van der Waals surface area contributed by atoms with Crippen LogP contribution in [0.2, 0.25) is 0 Å². The predicted octanol–water partition coefficient (Wildman–Crippen LogP) is 2.98. The van der Waals surface area contributed by atoms with Gasteiger partial charge in [0, 0.05) is 30.5 Å². The lowest BCUT2D eigenvalue weighted by atomic mass is 9.80. The van der Waals surface area contributed by atoms with Crippen LogP contribution in [0.25, 0.3) is 16.5 Å². The number of hydrogen-bond acceptors (Lipinski definition) is 3. The van der Waals surface area contributed by atoms with Gasteiger partial charge in [0.1, 0.15) is 0 Å². The monoisotopic (exact) mass is 374 g/mol. The summed E-state index contributed by atoms with van der Waals surface area (Å²) in [6, 6.07) is 6.73. The Morgan fingerprint density at radius 3 is 2.87 bits per heavy atom. The lowest BCUT2D eigenvalue weighted by Crippen LogP contribution is -2.44. The van der Waals surface area contributed by atoms with Gasteiger partial charge in [0.25, 0.3) is 0 Å². The molecular weight excluding hydrogens is 356 g/mol. The van der Waals surface area contributed by atoms with E-state index in [2.05, 4.69) is 63.8 Å². The molecule has 0 saturated carbocycles. The number of ether oxygens (including phenoxy) is 1. The third-order valence-electron chi connectivity index (χ3n) is 5.22. The molecule has 4 nitrogen and oxygen atoms in total. The Labute approximate surface area is 143 Å². The number of benzene rings is 1. The first kappa shape index (κ1) is 15.0. The van der Waals surface area contributed by atoms with Gasteiger partial charge in [-0.3, -0.25) is 9.69 Å². The maximum absolute atomic E-state index is 12.0. The van der Waals surface area contributed by atoms with E-state index in [-0.39, 0.29) is 11.9 Å². The summed E-state index contributed by atoms with van der Waals surface area (Å²) in [6.07, 6.45) is 3.08. The molecule has 4 rings (SSSR count). The standard InChI is InChI=1S/C18H19BrN2O2/c1-20-9-10(18(22)23-3)7-12-11-5-4-6-14-16(11)13(8-15(12)20)17(19)21(14)2/h4-7,10,15H,8-9H2,1-3H3/t10-,15-/m1/s1. The summed E-state index contributed by atoms with van der Waals surface area (Å²) in [5.74, 6) is -0.352. The molecule has 2 aliphatic rings. The first-order valence-electron chi connectivity index (χ1n) is 7.78. The van der Waals surface area contributed by atoms with Crippen molar-refractivity contribution in [3.05, 3.63) is 40.0 Å². The quantitative estimate of drug-likeness (QED) is 0.719. The number of likely N-dealkylation sites (N-methyl/N-ethyl adjacent to an activating group) is 1. The van der Waals surface area contributed by atoms with Crippen LogP contribution in [0.15, 0.2) is 28.9 Å². The largest absolute Gasteiger partial charge is 0.469 e. The van der Waals surface area contributed by atoms with Gasteiger partial charge in [0.2, 0.25) is 0 Å². The molecule has 0 radical (unpaired) electrons. The van der Waals surface area contributed by atoms with Gasteiger partial charge in [-0.2, -0.15) is 0 Å². The molecular formula is C18H19BrN2O2. The molecule has 0 bridgehead atoms. The lowest BCUT2D eigenvalue weighted by Gasteiger charge is -2.39. The molecule has 1 aliphatic heterocycles. The second-order valence-electron chi connectivity index (χ2n) is 6.44. The number of hydrogen-bond donors (Lipinski definition) is 0. The number of halogens is 1. The number of esters is 1. The van der Waals surface area contributed by atoms with E-state index in [1.54, 1.807) is 0 Å². The number of nitrogens with zero attached hydrogens (tertiary/aromatic N) is 2. The summed E-state index contributed by atoms with van der Waals surface area (Å²) >= 11 is 3.76. The van der Waals surface area contributed by atoms with E-state index < -0.39 is 0 Å². The molecule has 1 aromatic carbocycles. The smallest absolute Gasteiger partial charge is 0.313 e. The highest BCUT2D eigenvalue weighted by molar-refractivity contribution is 9.10. The van der Waals surface area contributed by atoms with Crippen molar-refractivity contribution >= 4 is 38.4 Å². The molecule has 5 heteroatoms. The Hall–Kier alpha value is -1.59. The van der Waals surface area contributed by atoms with Crippen molar-refractivity contribution in [1.29, 1.82) is 0 Å². The van der Waals surface area contributed by atoms with Gasteiger partial charge in [-0.1, -0.05) is 18.2 Å². The second-order valence-corrected chi connectivity index (χ2v) is 7.19. The minimum Gasteiger partial charge on any atom is -0.469 e. The highest BCUT2D eigenvalue weighted by Gasteiger charge is 2.37. The zero-order valence-corrected chi connectivity index (χ0v) is 15.1. The van der Waals surface area contributed by atoms with Gasteiger partial charge in [-0.15, -0.1) is 0 Å². The first-order chi connectivity index (χ1) is 11.0. The highest BCUT2D eigenvalue weighted by atomic mass is 79.9. The minimum absolute atomic E-state index is 0.157. The van der Waals surface area contributed by atoms with Gasteiger partial charge >= 0.3 is 5.97 Å². The van der Waals surface area contributed by atoms with Crippen molar-refractivity contribution in [3.8, 4) is 0 Å². The highest BCUT2D eigenvalue weighted by Crippen LogP contribution is 2.44. The van der Waals surface area contributed by atoms with E-state index in [1.165, 1.54) is 34.7 Å². The first-order valence-corrected chi connectivity index (χ1v) is 8.58. The summed E-state index contributed by atoms with van der Waals surface area (Å²) in [4.78, 5) is 14.3. The van der Waals surface area contributed by atoms with Gasteiger partial charge < -0.3 is 9.30 Å². The summed E-state index contributed by atoms with van der Waals surface area (Å²) < 4.78 is 8.32. The van der Waals surface area contributed by atoms with Gasteiger partial charge in [-0.05, 0) is 52.2 Å².